The number of aromatic nitrogens is 3. The molecule has 0 aliphatic carbocycles. The Labute approximate surface area is 247 Å². The van der Waals surface area contributed by atoms with Crippen molar-refractivity contribution in [2.75, 3.05) is 27.4 Å². The SMILES string of the molecule is COc1ncc2cc(C(=O)NCC(O)(c3cc4c(c(-c5ccc(F)cc5)n3)OC[C@]4(C)C(N)=O)C(F)(F)F)cc(OC)c2n1. The second-order valence-corrected chi connectivity index (χ2v) is 10.2. The van der Waals surface area contributed by atoms with Crippen LogP contribution in [0.2, 0.25) is 0 Å². The van der Waals surface area contributed by atoms with Crippen LogP contribution in [0.1, 0.15) is 28.5 Å². The molecule has 5 rings (SSSR count). The van der Waals surface area contributed by atoms with Crippen LogP contribution in [0.5, 0.6) is 17.5 Å². The van der Waals surface area contributed by atoms with E-state index in [1.165, 1.54) is 51.6 Å². The highest BCUT2D eigenvalue weighted by atomic mass is 19.4. The number of nitrogens with one attached hydrogen (secondary N) is 1. The van der Waals surface area contributed by atoms with Crippen LogP contribution in [0.4, 0.5) is 17.6 Å². The molecule has 0 radical (unpaired) electrons. The van der Waals surface area contributed by atoms with Crippen molar-refractivity contribution in [3.05, 3.63) is 71.3 Å². The fraction of sp³-hybridized carbons (Fsp3) is 0.276. The summed E-state index contributed by atoms with van der Waals surface area (Å²) in [6, 6.07) is 8.13. The Morgan fingerprint density at radius 3 is 2.43 bits per heavy atom. The van der Waals surface area contributed by atoms with Crippen molar-refractivity contribution in [1.29, 1.82) is 0 Å². The van der Waals surface area contributed by atoms with Gasteiger partial charge in [-0.05, 0) is 49.4 Å². The van der Waals surface area contributed by atoms with Crippen molar-refractivity contribution in [3.63, 3.8) is 0 Å². The Morgan fingerprint density at radius 2 is 1.82 bits per heavy atom. The van der Waals surface area contributed by atoms with E-state index in [1.54, 1.807) is 0 Å². The van der Waals surface area contributed by atoms with Crippen LogP contribution in [0.25, 0.3) is 22.2 Å². The molecule has 4 aromatic rings. The van der Waals surface area contributed by atoms with Gasteiger partial charge in [0, 0.05) is 28.3 Å². The molecule has 1 aliphatic rings. The average molecular weight is 616 g/mol. The van der Waals surface area contributed by atoms with Gasteiger partial charge in [-0.1, -0.05) is 0 Å². The standard InChI is InChI=1S/C29H25F4N5O6/c1-27(25(34)40)13-44-23-18(27)10-20(37-22(23)14-4-6-17(30)7-5-14)28(41,29(31,32)33)12-36-24(39)15-8-16-11-35-26(43-3)38-21(16)19(9-15)42-2/h4-11,41H,12-13H2,1-3H3,(H2,34,40)(H,36,39)/t27-,28?/m0/s1. The van der Waals surface area contributed by atoms with Crippen LogP contribution in [0.3, 0.4) is 0 Å². The van der Waals surface area contributed by atoms with Gasteiger partial charge in [0.05, 0.1) is 26.5 Å². The highest BCUT2D eigenvalue weighted by Gasteiger charge is 2.57. The second-order valence-electron chi connectivity index (χ2n) is 10.2. The lowest BCUT2D eigenvalue weighted by Crippen LogP contribution is -2.51. The van der Waals surface area contributed by atoms with Gasteiger partial charge in [-0.2, -0.15) is 18.2 Å². The van der Waals surface area contributed by atoms with E-state index in [9.17, 15) is 32.3 Å². The molecule has 3 heterocycles. The van der Waals surface area contributed by atoms with Crippen LogP contribution in [0, 0.1) is 5.82 Å². The quantitative estimate of drug-likeness (QED) is 0.253. The summed E-state index contributed by atoms with van der Waals surface area (Å²) in [5.41, 5.74) is -0.623. The van der Waals surface area contributed by atoms with E-state index in [0.717, 1.165) is 18.2 Å². The van der Waals surface area contributed by atoms with E-state index in [4.69, 9.17) is 19.9 Å². The third-order valence-corrected chi connectivity index (χ3v) is 7.42. The summed E-state index contributed by atoms with van der Waals surface area (Å²) in [6.07, 6.45) is -4.04. The number of halogens is 4. The number of carbonyl (C=O) groups is 2. The zero-order valence-electron chi connectivity index (χ0n) is 23.5. The summed E-state index contributed by atoms with van der Waals surface area (Å²) >= 11 is 0. The van der Waals surface area contributed by atoms with Crippen LogP contribution >= 0.6 is 0 Å². The second kappa shape index (κ2) is 10.9. The largest absolute Gasteiger partial charge is 0.494 e. The molecule has 2 aromatic carbocycles. The van der Waals surface area contributed by atoms with Crippen LogP contribution in [0.15, 0.2) is 48.7 Å². The molecule has 0 saturated heterocycles. The number of carbonyl (C=O) groups excluding carboxylic acids is 2. The third-order valence-electron chi connectivity index (χ3n) is 7.42. The van der Waals surface area contributed by atoms with Crippen LogP contribution < -0.4 is 25.3 Å². The van der Waals surface area contributed by atoms with Crippen molar-refractivity contribution in [2.45, 2.75) is 24.1 Å². The highest BCUT2D eigenvalue weighted by molar-refractivity contribution is 6.00. The number of primary amides is 1. The molecule has 1 unspecified atom stereocenters. The minimum atomic E-state index is -5.38. The van der Waals surface area contributed by atoms with E-state index in [2.05, 4.69) is 20.3 Å². The first-order chi connectivity index (χ1) is 20.7. The zero-order valence-corrected chi connectivity index (χ0v) is 23.5. The number of fused-ring (bicyclic) bond motifs is 2. The van der Waals surface area contributed by atoms with Gasteiger partial charge in [-0.15, -0.1) is 0 Å². The molecule has 230 valence electrons. The molecule has 2 amide bonds. The van der Waals surface area contributed by atoms with Crippen molar-refractivity contribution in [1.82, 2.24) is 20.3 Å². The van der Waals surface area contributed by atoms with E-state index >= 15 is 0 Å². The van der Waals surface area contributed by atoms with Crippen LogP contribution in [-0.4, -0.2) is 65.4 Å². The Balaban J connectivity index is 1.57. The molecule has 2 atom stereocenters. The van der Waals surface area contributed by atoms with Crippen molar-refractivity contribution < 1.29 is 46.5 Å². The lowest BCUT2D eigenvalue weighted by atomic mass is 9.81. The number of methoxy groups -OCH3 is 2. The summed E-state index contributed by atoms with van der Waals surface area (Å²) in [6.45, 7) is -0.310. The van der Waals surface area contributed by atoms with Gasteiger partial charge in [0.15, 0.2) is 0 Å². The van der Waals surface area contributed by atoms with Crippen molar-refractivity contribution in [3.8, 4) is 28.8 Å². The first-order valence-electron chi connectivity index (χ1n) is 12.9. The number of aliphatic hydroxyl groups is 1. The van der Waals surface area contributed by atoms with E-state index in [0.29, 0.717) is 5.39 Å². The normalized spacial score (nSPS) is 17.4. The molecule has 0 fully saturated rings. The zero-order chi connectivity index (χ0) is 32.0. The molecule has 44 heavy (non-hydrogen) atoms. The smallest absolute Gasteiger partial charge is 0.424 e. The first-order valence-corrected chi connectivity index (χ1v) is 12.9. The van der Waals surface area contributed by atoms with Gasteiger partial charge in [-0.25, -0.2) is 14.4 Å². The molecule has 0 spiro atoms. The number of benzene rings is 2. The van der Waals surface area contributed by atoms with Gasteiger partial charge in [0.25, 0.3) is 5.91 Å². The highest BCUT2D eigenvalue weighted by Crippen LogP contribution is 2.47. The fourth-order valence-corrected chi connectivity index (χ4v) is 4.73. The number of hydrogen-bond acceptors (Lipinski definition) is 9. The summed E-state index contributed by atoms with van der Waals surface area (Å²) in [5.74, 6) is -2.43. The molecule has 4 N–H and O–H groups in total. The molecule has 0 saturated carbocycles. The molecule has 1 aliphatic heterocycles. The lowest BCUT2D eigenvalue weighted by Gasteiger charge is -2.31. The maximum absolute atomic E-state index is 14.7. The number of ether oxygens (including phenoxy) is 3. The van der Waals surface area contributed by atoms with Gasteiger partial charge >= 0.3 is 12.2 Å². The van der Waals surface area contributed by atoms with E-state index in [-0.39, 0.29) is 52.0 Å². The Kier molecular flexibility index (Phi) is 7.53. The summed E-state index contributed by atoms with van der Waals surface area (Å²) in [5, 5.41) is 13.7. The predicted octanol–water partition coefficient (Wildman–Crippen LogP) is 3.16. The third kappa shape index (κ3) is 5.08. The molecule has 0 bridgehead atoms. The monoisotopic (exact) mass is 615 g/mol. The number of amides is 2. The maximum Gasteiger partial charge on any atom is 0.424 e. The summed E-state index contributed by atoms with van der Waals surface area (Å²) in [7, 11) is 2.67. The number of alkyl halides is 3. The Hall–Kier alpha value is -5.05. The summed E-state index contributed by atoms with van der Waals surface area (Å²) < 4.78 is 73.6. The topological polar surface area (TPSA) is 159 Å². The Morgan fingerprint density at radius 1 is 1.11 bits per heavy atom. The first kappa shape index (κ1) is 30.4. The minimum absolute atomic E-state index is 0.0305. The minimum Gasteiger partial charge on any atom is -0.494 e. The van der Waals surface area contributed by atoms with Gasteiger partial charge in [0.2, 0.25) is 11.5 Å². The van der Waals surface area contributed by atoms with E-state index in [1.807, 2.05) is 0 Å². The average Bonchev–Trinajstić information content (AvgIpc) is 3.35. The van der Waals surface area contributed by atoms with Crippen LogP contribution in [-0.2, 0) is 15.8 Å². The molecule has 15 heteroatoms. The number of nitrogens with two attached hydrogens (primary N) is 1. The predicted molar refractivity (Wildman–Crippen MR) is 147 cm³/mol. The number of nitrogens with zero attached hydrogens (tertiary/aromatic N) is 3. The maximum atomic E-state index is 14.7. The lowest BCUT2D eigenvalue weighted by molar-refractivity contribution is -0.265. The van der Waals surface area contributed by atoms with Gasteiger partial charge in [0.1, 0.15) is 40.5 Å². The fourth-order valence-electron chi connectivity index (χ4n) is 4.73. The van der Waals surface area contributed by atoms with Gasteiger partial charge < -0.3 is 30.4 Å². The molecule has 11 nitrogen and oxygen atoms in total. The number of rotatable bonds is 8. The molecule has 2 aromatic heterocycles. The van der Waals surface area contributed by atoms with Crippen molar-refractivity contribution >= 4 is 22.7 Å². The number of hydrogen-bond donors (Lipinski definition) is 3. The molecular formula is C29H25F4N5O6. The van der Waals surface area contributed by atoms with Crippen molar-refractivity contribution in [2.24, 2.45) is 5.73 Å². The summed E-state index contributed by atoms with van der Waals surface area (Å²) in [4.78, 5) is 37.7. The van der Waals surface area contributed by atoms with E-state index < -0.39 is 47.1 Å². The Bertz CT molecular complexity index is 1790. The van der Waals surface area contributed by atoms with Gasteiger partial charge in [-0.3, -0.25) is 9.59 Å². The number of pyridine rings is 1. The molecular weight excluding hydrogens is 590 g/mol.